The average molecular weight is 523 g/mol. The summed E-state index contributed by atoms with van der Waals surface area (Å²) in [6.45, 7) is 5.94. The molecule has 0 amide bonds. The Morgan fingerprint density at radius 2 is 1.62 bits per heavy atom. The van der Waals surface area contributed by atoms with Gasteiger partial charge in [-0.25, -0.2) is 13.4 Å². The van der Waals surface area contributed by atoms with Gasteiger partial charge in [0.2, 0.25) is 0 Å². The largest absolute Gasteiger partial charge is 0.293 e. The van der Waals surface area contributed by atoms with E-state index in [4.69, 9.17) is 23.2 Å². The number of nitrogens with zero attached hydrogens (tertiary/aromatic N) is 1. The van der Waals surface area contributed by atoms with E-state index in [1.807, 2.05) is 0 Å². The second-order valence-electron chi connectivity index (χ2n) is 8.34. The second-order valence-corrected chi connectivity index (χ2v) is 11.1. The van der Waals surface area contributed by atoms with Gasteiger partial charge in [-0.2, -0.15) is 0 Å². The van der Waals surface area contributed by atoms with Gasteiger partial charge in [-0.1, -0.05) is 80.3 Å². The van der Waals surface area contributed by atoms with Crippen LogP contribution in [-0.4, -0.2) is 19.2 Å². The summed E-state index contributed by atoms with van der Waals surface area (Å²) >= 11 is 11.8. The van der Waals surface area contributed by atoms with Gasteiger partial charge in [-0.05, 0) is 61.4 Å². The summed E-state index contributed by atoms with van der Waals surface area (Å²) in [6.07, 6.45) is 15.0. The molecule has 0 spiro atoms. The van der Waals surface area contributed by atoms with E-state index >= 15 is 0 Å². The normalized spacial score (nSPS) is 13.3. The number of halogens is 2. The van der Waals surface area contributed by atoms with Crippen molar-refractivity contribution in [2.24, 2.45) is 5.92 Å². The molecule has 0 saturated heterocycles. The molecule has 0 N–H and O–H groups in total. The zero-order chi connectivity index (χ0) is 25.1. The molecule has 0 unspecified atom stereocenters. The molecule has 2 aromatic rings. The van der Waals surface area contributed by atoms with Crippen LogP contribution in [0.25, 0.3) is 0 Å². The Hall–Kier alpha value is -1.95. The van der Waals surface area contributed by atoms with Crippen molar-refractivity contribution < 1.29 is 13.2 Å². The monoisotopic (exact) mass is 521 g/mol. The number of carbonyl (C=O) groups is 1. The molecule has 0 aliphatic heterocycles. The van der Waals surface area contributed by atoms with E-state index in [9.17, 15) is 13.2 Å². The fourth-order valence-corrected chi connectivity index (χ4v) is 6.44. The molecule has 0 atom stereocenters. The van der Waals surface area contributed by atoms with Gasteiger partial charge in [0.05, 0.1) is 21.5 Å². The number of sulfone groups is 1. The molecule has 0 radical (unpaired) electrons. The van der Waals surface area contributed by atoms with Crippen molar-refractivity contribution >= 4 is 38.8 Å². The minimum Gasteiger partial charge on any atom is -0.293 e. The van der Waals surface area contributed by atoms with E-state index in [2.05, 4.69) is 37.1 Å². The van der Waals surface area contributed by atoms with Crippen LogP contribution in [0.2, 0.25) is 10.0 Å². The number of pyridine rings is 1. The van der Waals surface area contributed by atoms with Crippen molar-refractivity contribution in [2.75, 3.05) is 0 Å². The van der Waals surface area contributed by atoms with Gasteiger partial charge in [0, 0.05) is 6.92 Å². The number of carbonyl (C=O) groups excluding carboxylic acids is 1. The topological polar surface area (TPSA) is 64.1 Å². The molecule has 4 nitrogen and oxygen atoms in total. The van der Waals surface area contributed by atoms with Crippen molar-refractivity contribution in [3.8, 4) is 0 Å². The molecule has 1 aliphatic rings. The standard InChI is InChI=1S/C14H11Cl2NO3S.C13H22/c1-9(18)13-7-2-4-10(17-13)8-21(19,20)14-11(15)5-3-6-12(14)16;1-3-8-12(9-4-2)13-10-6-5-7-11-13/h2-7H,8H2,1H3;6,10-12H,3-5,7-9H2,1-2H3. The molecule has 0 bridgehead atoms. The molecular weight excluding hydrogens is 489 g/mol. The maximum absolute atomic E-state index is 12.4. The average Bonchev–Trinajstić information content (AvgIpc) is 2.79. The summed E-state index contributed by atoms with van der Waals surface area (Å²) < 4.78 is 24.9. The summed E-state index contributed by atoms with van der Waals surface area (Å²) in [4.78, 5) is 15.2. The lowest BCUT2D eigenvalue weighted by molar-refractivity contribution is 0.101. The lowest BCUT2D eigenvalue weighted by Crippen LogP contribution is -2.09. The van der Waals surface area contributed by atoms with Gasteiger partial charge < -0.3 is 0 Å². The lowest BCUT2D eigenvalue weighted by Gasteiger charge is -2.18. The molecule has 1 aliphatic carbocycles. The molecule has 1 heterocycles. The highest BCUT2D eigenvalue weighted by Crippen LogP contribution is 2.31. The second kappa shape index (κ2) is 13.8. The minimum atomic E-state index is -3.75. The Kier molecular flexibility index (Phi) is 11.5. The highest BCUT2D eigenvalue weighted by atomic mass is 35.5. The van der Waals surface area contributed by atoms with Crippen LogP contribution in [0.1, 0.15) is 75.5 Å². The molecule has 184 valence electrons. The first kappa shape index (κ1) is 28.3. The van der Waals surface area contributed by atoms with Crippen LogP contribution in [0.15, 0.2) is 65.1 Å². The number of benzene rings is 1. The van der Waals surface area contributed by atoms with Crippen molar-refractivity contribution in [3.05, 3.63) is 81.6 Å². The van der Waals surface area contributed by atoms with Crippen LogP contribution in [0.5, 0.6) is 0 Å². The quantitative estimate of drug-likeness (QED) is 0.313. The fraction of sp³-hybridized carbons (Fsp3) is 0.407. The van der Waals surface area contributed by atoms with E-state index in [0.29, 0.717) is 0 Å². The number of hydrogen-bond acceptors (Lipinski definition) is 4. The maximum Gasteiger partial charge on any atom is 0.187 e. The first-order chi connectivity index (χ1) is 16.2. The third-order valence-corrected chi connectivity index (χ3v) is 8.10. The number of rotatable bonds is 9. The molecule has 0 fully saturated rings. The van der Waals surface area contributed by atoms with Gasteiger partial charge >= 0.3 is 0 Å². The van der Waals surface area contributed by atoms with Crippen molar-refractivity contribution in [1.82, 2.24) is 4.98 Å². The van der Waals surface area contributed by atoms with Crippen LogP contribution in [-0.2, 0) is 15.6 Å². The van der Waals surface area contributed by atoms with Crippen LogP contribution < -0.4 is 0 Å². The fourth-order valence-electron chi connectivity index (χ4n) is 3.91. The molecule has 7 heteroatoms. The smallest absolute Gasteiger partial charge is 0.187 e. The summed E-state index contributed by atoms with van der Waals surface area (Å²) in [5.74, 6) is 0.231. The first-order valence-corrected chi connectivity index (χ1v) is 14.1. The van der Waals surface area contributed by atoms with Crippen molar-refractivity contribution in [1.29, 1.82) is 0 Å². The number of ketones is 1. The lowest BCUT2D eigenvalue weighted by atomic mass is 9.87. The third kappa shape index (κ3) is 8.37. The zero-order valence-electron chi connectivity index (χ0n) is 20.1. The van der Waals surface area contributed by atoms with Crippen molar-refractivity contribution in [3.63, 3.8) is 0 Å². The van der Waals surface area contributed by atoms with Crippen LogP contribution in [0.4, 0.5) is 0 Å². The number of Topliss-reactive ketones (excluding diaryl/α,β-unsaturated/α-hetero) is 1. The predicted octanol–water partition coefficient (Wildman–Crippen LogP) is 8.04. The number of hydrogen-bond donors (Lipinski definition) is 0. The zero-order valence-corrected chi connectivity index (χ0v) is 22.4. The molecule has 0 saturated carbocycles. The van der Waals surface area contributed by atoms with E-state index in [1.165, 1.54) is 69.7 Å². The Bertz CT molecular complexity index is 1110. The van der Waals surface area contributed by atoms with E-state index < -0.39 is 9.84 Å². The van der Waals surface area contributed by atoms with Crippen LogP contribution in [0.3, 0.4) is 0 Å². The summed E-state index contributed by atoms with van der Waals surface area (Å²) in [7, 11) is -3.75. The summed E-state index contributed by atoms with van der Waals surface area (Å²) in [6, 6.07) is 9.14. The van der Waals surface area contributed by atoms with Gasteiger partial charge in [-0.3, -0.25) is 4.79 Å². The molecular formula is C27H33Cl2NO3S. The van der Waals surface area contributed by atoms with Crippen LogP contribution in [0, 0.1) is 5.92 Å². The molecule has 3 rings (SSSR count). The van der Waals surface area contributed by atoms with E-state index in [-0.39, 0.29) is 37.9 Å². The van der Waals surface area contributed by atoms with Gasteiger partial charge in [0.15, 0.2) is 15.6 Å². The van der Waals surface area contributed by atoms with E-state index in [1.54, 1.807) is 17.7 Å². The minimum absolute atomic E-state index is 0.0604. The highest BCUT2D eigenvalue weighted by Gasteiger charge is 2.23. The van der Waals surface area contributed by atoms with Gasteiger partial charge in [0.1, 0.15) is 10.6 Å². The molecule has 1 aromatic carbocycles. The highest BCUT2D eigenvalue weighted by molar-refractivity contribution is 7.90. The van der Waals surface area contributed by atoms with Gasteiger partial charge in [-0.15, -0.1) is 0 Å². The van der Waals surface area contributed by atoms with Crippen molar-refractivity contribution in [2.45, 2.75) is 69.9 Å². The predicted molar refractivity (Wildman–Crippen MR) is 141 cm³/mol. The molecule has 34 heavy (non-hydrogen) atoms. The Morgan fingerprint density at radius 1 is 1.00 bits per heavy atom. The summed E-state index contributed by atoms with van der Waals surface area (Å²) in [5.41, 5.74) is 2.08. The van der Waals surface area contributed by atoms with Gasteiger partial charge in [0.25, 0.3) is 0 Å². The molecule has 1 aromatic heterocycles. The van der Waals surface area contributed by atoms with E-state index in [0.717, 1.165) is 5.92 Å². The number of allylic oxidation sites excluding steroid dienone is 4. The Balaban J connectivity index is 0.000000270. The summed E-state index contributed by atoms with van der Waals surface area (Å²) in [5, 5.41) is 0.121. The third-order valence-electron chi connectivity index (χ3n) is 5.50. The maximum atomic E-state index is 12.4. The SMILES string of the molecule is CC(=O)c1cccc(CS(=O)(=O)c2c(Cl)cccc2Cl)n1.CCCC(CCC)C1=CCCC=C1. The Labute approximate surface area is 214 Å². The Morgan fingerprint density at radius 3 is 2.15 bits per heavy atom. The van der Waals surface area contributed by atoms with Crippen LogP contribution >= 0.6 is 23.2 Å². The number of aromatic nitrogens is 1. The first-order valence-electron chi connectivity index (χ1n) is 11.7.